The van der Waals surface area contributed by atoms with Gasteiger partial charge < -0.3 is 5.73 Å². The van der Waals surface area contributed by atoms with Crippen LogP contribution in [0.4, 0.5) is 0 Å². The van der Waals surface area contributed by atoms with Crippen LogP contribution in [-0.2, 0) is 0 Å². The van der Waals surface area contributed by atoms with E-state index < -0.39 is 0 Å². The molecule has 1 heterocycles. The molecule has 0 aromatic carbocycles. The second-order valence-electron chi connectivity index (χ2n) is 7.00. The van der Waals surface area contributed by atoms with Crippen molar-refractivity contribution in [3.8, 4) is 0 Å². The minimum atomic E-state index is 0.608. The van der Waals surface area contributed by atoms with Gasteiger partial charge in [-0.3, -0.25) is 4.98 Å². The Balaban J connectivity index is 1.63. The third kappa shape index (κ3) is 2.76. The Kier molecular flexibility index (Phi) is 4.40. The lowest BCUT2D eigenvalue weighted by Crippen LogP contribution is -2.23. The summed E-state index contributed by atoms with van der Waals surface area (Å²) >= 11 is 0. The fourth-order valence-corrected chi connectivity index (χ4v) is 4.82. The first-order chi connectivity index (χ1) is 9.84. The van der Waals surface area contributed by atoms with Gasteiger partial charge in [-0.25, -0.2) is 0 Å². The van der Waals surface area contributed by atoms with E-state index in [2.05, 4.69) is 23.3 Å². The third-order valence-electron chi connectivity index (χ3n) is 5.77. The molecule has 2 N–H and O–H groups in total. The van der Waals surface area contributed by atoms with Crippen LogP contribution in [0.3, 0.4) is 0 Å². The molecular weight excluding hydrogens is 244 g/mol. The molecule has 0 aliphatic heterocycles. The fraction of sp³-hybridized carbons (Fsp3) is 0.722. The summed E-state index contributed by atoms with van der Waals surface area (Å²) in [7, 11) is 0. The first kappa shape index (κ1) is 14.1. The first-order valence-electron chi connectivity index (χ1n) is 8.44. The Hall–Kier alpha value is -0.890. The summed E-state index contributed by atoms with van der Waals surface area (Å²) in [5.41, 5.74) is 7.69. The molecule has 110 valence electrons. The smallest absolute Gasteiger partial charge is 0.0302 e. The van der Waals surface area contributed by atoms with Crippen molar-refractivity contribution in [1.82, 2.24) is 4.98 Å². The number of fused-ring (bicyclic) bond motifs is 2. The molecule has 1 aromatic heterocycles. The molecule has 0 radical (unpaired) electrons. The van der Waals surface area contributed by atoms with Gasteiger partial charge in [0.05, 0.1) is 0 Å². The standard InChI is InChI=1S/C18H28N2/c19-10-4-2-1-3-8-18-9-7-15(13-18)12-17(18)16-6-5-11-20-14-16/h5-6,11,14-15,17H,1-4,7-10,12-13,19H2. The van der Waals surface area contributed by atoms with Crippen LogP contribution in [0.15, 0.2) is 24.5 Å². The summed E-state index contributed by atoms with van der Waals surface area (Å²) in [6.45, 7) is 0.853. The van der Waals surface area contributed by atoms with E-state index in [4.69, 9.17) is 5.73 Å². The highest BCUT2D eigenvalue weighted by molar-refractivity contribution is 5.23. The largest absolute Gasteiger partial charge is 0.330 e. The van der Waals surface area contributed by atoms with Crippen molar-refractivity contribution < 1.29 is 0 Å². The van der Waals surface area contributed by atoms with Crippen molar-refractivity contribution in [3.05, 3.63) is 30.1 Å². The minimum Gasteiger partial charge on any atom is -0.330 e. The number of pyridine rings is 1. The summed E-state index contributed by atoms with van der Waals surface area (Å²) in [6, 6.07) is 4.41. The maximum Gasteiger partial charge on any atom is 0.0302 e. The number of rotatable bonds is 7. The molecule has 3 atom stereocenters. The number of hydrogen-bond acceptors (Lipinski definition) is 2. The lowest BCUT2D eigenvalue weighted by molar-refractivity contribution is 0.220. The molecule has 2 aliphatic carbocycles. The summed E-state index contributed by atoms with van der Waals surface area (Å²) in [5, 5.41) is 0. The summed E-state index contributed by atoms with van der Waals surface area (Å²) in [5.74, 6) is 1.77. The van der Waals surface area contributed by atoms with Gasteiger partial charge in [0.25, 0.3) is 0 Å². The Morgan fingerprint density at radius 2 is 2.15 bits per heavy atom. The van der Waals surface area contributed by atoms with E-state index in [-0.39, 0.29) is 0 Å². The zero-order valence-electron chi connectivity index (χ0n) is 12.6. The van der Waals surface area contributed by atoms with Crippen LogP contribution in [0.25, 0.3) is 0 Å². The lowest BCUT2D eigenvalue weighted by atomic mass is 9.69. The average Bonchev–Trinajstić information content (AvgIpc) is 3.06. The monoisotopic (exact) mass is 272 g/mol. The van der Waals surface area contributed by atoms with Gasteiger partial charge in [-0.05, 0) is 74.0 Å². The number of nitrogens with two attached hydrogens (primary N) is 1. The van der Waals surface area contributed by atoms with Crippen LogP contribution in [0.1, 0.15) is 69.3 Å². The van der Waals surface area contributed by atoms with E-state index >= 15 is 0 Å². The Morgan fingerprint density at radius 1 is 1.25 bits per heavy atom. The van der Waals surface area contributed by atoms with E-state index in [9.17, 15) is 0 Å². The lowest BCUT2D eigenvalue weighted by Gasteiger charge is -2.35. The van der Waals surface area contributed by atoms with Gasteiger partial charge in [-0.2, -0.15) is 0 Å². The molecule has 2 saturated carbocycles. The van der Waals surface area contributed by atoms with Crippen LogP contribution in [0.2, 0.25) is 0 Å². The van der Waals surface area contributed by atoms with E-state index in [1.807, 2.05) is 6.20 Å². The molecule has 2 nitrogen and oxygen atoms in total. The molecule has 2 aliphatic rings. The average molecular weight is 272 g/mol. The van der Waals surface area contributed by atoms with Crippen LogP contribution >= 0.6 is 0 Å². The van der Waals surface area contributed by atoms with E-state index in [0.29, 0.717) is 5.41 Å². The van der Waals surface area contributed by atoms with Gasteiger partial charge >= 0.3 is 0 Å². The molecule has 0 spiro atoms. The summed E-state index contributed by atoms with van der Waals surface area (Å²) < 4.78 is 0. The van der Waals surface area contributed by atoms with Gasteiger partial charge in [0, 0.05) is 12.4 Å². The normalized spacial score (nSPS) is 31.9. The number of hydrogen-bond donors (Lipinski definition) is 1. The molecule has 3 rings (SSSR count). The number of nitrogens with zero attached hydrogens (tertiary/aromatic N) is 1. The van der Waals surface area contributed by atoms with Gasteiger partial charge in [-0.1, -0.05) is 25.3 Å². The second kappa shape index (κ2) is 6.26. The first-order valence-corrected chi connectivity index (χ1v) is 8.44. The van der Waals surface area contributed by atoms with Crippen LogP contribution in [-0.4, -0.2) is 11.5 Å². The Labute approximate surface area is 123 Å². The van der Waals surface area contributed by atoms with E-state index in [0.717, 1.165) is 18.4 Å². The van der Waals surface area contributed by atoms with E-state index in [1.165, 1.54) is 63.4 Å². The zero-order valence-corrected chi connectivity index (χ0v) is 12.6. The molecule has 1 aromatic rings. The topological polar surface area (TPSA) is 38.9 Å². The van der Waals surface area contributed by atoms with Gasteiger partial charge in [0.1, 0.15) is 0 Å². The van der Waals surface area contributed by atoms with Crippen molar-refractivity contribution in [2.75, 3.05) is 6.54 Å². The van der Waals surface area contributed by atoms with Gasteiger partial charge in [0.2, 0.25) is 0 Å². The van der Waals surface area contributed by atoms with Crippen molar-refractivity contribution in [1.29, 1.82) is 0 Å². The highest BCUT2D eigenvalue weighted by Crippen LogP contribution is 2.63. The molecule has 0 amide bonds. The summed E-state index contributed by atoms with van der Waals surface area (Å²) in [6.07, 6.45) is 16.5. The molecule has 2 fully saturated rings. The maximum atomic E-state index is 5.58. The number of aromatic nitrogens is 1. The predicted octanol–water partition coefficient (Wildman–Crippen LogP) is 4.26. The number of unbranched alkanes of at least 4 members (excludes halogenated alkanes) is 3. The van der Waals surface area contributed by atoms with Crippen LogP contribution < -0.4 is 5.73 Å². The van der Waals surface area contributed by atoms with Crippen molar-refractivity contribution in [2.24, 2.45) is 17.1 Å². The molecule has 2 bridgehead atoms. The minimum absolute atomic E-state index is 0.608. The Bertz CT molecular complexity index is 417. The highest BCUT2D eigenvalue weighted by Gasteiger charge is 2.51. The van der Waals surface area contributed by atoms with Crippen molar-refractivity contribution in [3.63, 3.8) is 0 Å². The zero-order chi connectivity index (χ0) is 13.8. The SMILES string of the molecule is NCCCCCCC12CCC(CC1c1cccnc1)C2. The molecule has 3 unspecified atom stereocenters. The van der Waals surface area contributed by atoms with Gasteiger partial charge in [-0.15, -0.1) is 0 Å². The second-order valence-corrected chi connectivity index (χ2v) is 7.00. The highest BCUT2D eigenvalue weighted by atomic mass is 14.6. The Morgan fingerprint density at radius 3 is 2.90 bits per heavy atom. The molecule has 0 saturated heterocycles. The predicted molar refractivity (Wildman–Crippen MR) is 83.5 cm³/mol. The van der Waals surface area contributed by atoms with E-state index in [1.54, 1.807) is 0 Å². The fourth-order valence-electron chi connectivity index (χ4n) is 4.82. The quantitative estimate of drug-likeness (QED) is 0.753. The molecule has 20 heavy (non-hydrogen) atoms. The summed E-state index contributed by atoms with van der Waals surface area (Å²) in [4.78, 5) is 4.35. The van der Waals surface area contributed by atoms with Crippen LogP contribution in [0.5, 0.6) is 0 Å². The van der Waals surface area contributed by atoms with Crippen molar-refractivity contribution in [2.45, 2.75) is 63.7 Å². The molecular formula is C18H28N2. The van der Waals surface area contributed by atoms with Crippen molar-refractivity contribution >= 4 is 0 Å². The van der Waals surface area contributed by atoms with Crippen LogP contribution in [0, 0.1) is 11.3 Å². The third-order valence-corrected chi connectivity index (χ3v) is 5.77. The molecule has 2 heteroatoms. The maximum absolute atomic E-state index is 5.58. The van der Waals surface area contributed by atoms with Gasteiger partial charge in [0.15, 0.2) is 0 Å².